The van der Waals surface area contributed by atoms with Crippen molar-refractivity contribution in [1.29, 1.82) is 0 Å². The first-order chi connectivity index (χ1) is 9.49. The van der Waals surface area contributed by atoms with E-state index in [9.17, 15) is 13.2 Å². The van der Waals surface area contributed by atoms with E-state index in [1.54, 1.807) is 19.1 Å². The SMILES string of the molecule is CC1(c2ccc(-c3c(F)cc(F)cc3F)s2)OCCO1. The normalized spacial score (nSPS) is 17.6. The Morgan fingerprint density at radius 3 is 2.25 bits per heavy atom. The molecule has 1 aliphatic heterocycles. The predicted molar refractivity (Wildman–Crippen MR) is 68.9 cm³/mol. The third-order valence-corrected chi connectivity index (χ3v) is 4.43. The van der Waals surface area contributed by atoms with Crippen LogP contribution >= 0.6 is 11.3 Å². The van der Waals surface area contributed by atoms with Gasteiger partial charge in [0.15, 0.2) is 0 Å². The first-order valence-corrected chi connectivity index (χ1v) is 6.84. The second kappa shape index (κ2) is 4.87. The molecule has 1 aliphatic rings. The lowest BCUT2D eigenvalue weighted by Gasteiger charge is -2.20. The molecule has 1 aromatic heterocycles. The first kappa shape index (κ1) is 13.6. The molecule has 0 unspecified atom stereocenters. The fourth-order valence-corrected chi connectivity index (χ4v) is 3.26. The Bertz CT molecular complexity index is 625. The molecule has 20 heavy (non-hydrogen) atoms. The molecule has 2 nitrogen and oxygen atoms in total. The lowest BCUT2D eigenvalue weighted by atomic mass is 10.1. The number of halogens is 3. The Labute approximate surface area is 117 Å². The highest BCUT2D eigenvalue weighted by Crippen LogP contribution is 2.40. The molecule has 2 heterocycles. The van der Waals surface area contributed by atoms with Crippen molar-refractivity contribution >= 4 is 11.3 Å². The zero-order valence-corrected chi connectivity index (χ0v) is 11.4. The summed E-state index contributed by atoms with van der Waals surface area (Å²) in [7, 11) is 0. The van der Waals surface area contributed by atoms with Crippen molar-refractivity contribution in [3.05, 3.63) is 46.6 Å². The molecule has 3 rings (SSSR count). The summed E-state index contributed by atoms with van der Waals surface area (Å²) >= 11 is 1.16. The van der Waals surface area contributed by atoms with Gasteiger partial charge in [-0.05, 0) is 19.1 Å². The van der Waals surface area contributed by atoms with Crippen LogP contribution in [-0.2, 0) is 15.3 Å². The van der Waals surface area contributed by atoms with Crippen LogP contribution in [0.2, 0.25) is 0 Å². The minimum Gasteiger partial charge on any atom is -0.343 e. The van der Waals surface area contributed by atoms with Crippen LogP contribution in [0.3, 0.4) is 0 Å². The van der Waals surface area contributed by atoms with Gasteiger partial charge in [0.05, 0.1) is 23.7 Å². The van der Waals surface area contributed by atoms with Crippen LogP contribution < -0.4 is 0 Å². The predicted octanol–water partition coefficient (Wildman–Crippen LogP) is 4.05. The quantitative estimate of drug-likeness (QED) is 0.833. The number of hydrogen-bond donors (Lipinski definition) is 0. The highest BCUT2D eigenvalue weighted by atomic mass is 32.1. The maximum absolute atomic E-state index is 13.7. The number of ether oxygens (including phenoxy) is 2. The van der Waals surface area contributed by atoms with Crippen molar-refractivity contribution in [3.63, 3.8) is 0 Å². The molecular formula is C14H11F3O2S. The van der Waals surface area contributed by atoms with Gasteiger partial charge in [-0.3, -0.25) is 0 Å². The van der Waals surface area contributed by atoms with E-state index in [1.807, 2.05) is 0 Å². The molecule has 0 bridgehead atoms. The Morgan fingerprint density at radius 2 is 1.65 bits per heavy atom. The monoisotopic (exact) mass is 300 g/mol. The van der Waals surface area contributed by atoms with Crippen LogP contribution in [0.1, 0.15) is 11.8 Å². The van der Waals surface area contributed by atoms with Crippen molar-refractivity contribution in [2.75, 3.05) is 13.2 Å². The van der Waals surface area contributed by atoms with Crippen molar-refractivity contribution in [2.45, 2.75) is 12.7 Å². The molecule has 0 aliphatic carbocycles. The molecule has 2 aromatic rings. The molecular weight excluding hydrogens is 289 g/mol. The highest BCUT2D eigenvalue weighted by molar-refractivity contribution is 7.15. The molecule has 1 fully saturated rings. The Balaban J connectivity index is 2.03. The molecule has 0 amide bonds. The summed E-state index contributed by atoms with van der Waals surface area (Å²) in [5.41, 5.74) is -0.232. The van der Waals surface area contributed by atoms with Crippen LogP contribution in [0.4, 0.5) is 13.2 Å². The average Bonchev–Trinajstić information content (AvgIpc) is 2.98. The highest BCUT2D eigenvalue weighted by Gasteiger charge is 2.35. The van der Waals surface area contributed by atoms with Crippen LogP contribution in [0, 0.1) is 17.5 Å². The van der Waals surface area contributed by atoms with Gasteiger partial charge in [0, 0.05) is 17.0 Å². The van der Waals surface area contributed by atoms with Crippen LogP contribution in [-0.4, -0.2) is 13.2 Å². The van der Waals surface area contributed by atoms with E-state index in [0.717, 1.165) is 11.3 Å². The van der Waals surface area contributed by atoms with Crippen molar-refractivity contribution < 1.29 is 22.6 Å². The molecule has 0 spiro atoms. The number of rotatable bonds is 2. The van der Waals surface area contributed by atoms with E-state index in [2.05, 4.69) is 0 Å². The van der Waals surface area contributed by atoms with Crippen LogP contribution in [0.5, 0.6) is 0 Å². The number of hydrogen-bond acceptors (Lipinski definition) is 3. The molecule has 1 aromatic carbocycles. The topological polar surface area (TPSA) is 18.5 Å². The first-order valence-electron chi connectivity index (χ1n) is 6.03. The molecule has 106 valence electrons. The average molecular weight is 300 g/mol. The lowest BCUT2D eigenvalue weighted by Crippen LogP contribution is -2.20. The standard InChI is InChI=1S/C14H11F3O2S/c1-14(18-4-5-19-14)12-3-2-11(20-12)13-9(16)6-8(15)7-10(13)17/h2-3,6-7H,4-5H2,1H3. The summed E-state index contributed by atoms with van der Waals surface area (Å²) in [6, 6.07) is 4.62. The zero-order valence-electron chi connectivity index (χ0n) is 10.6. The third-order valence-electron chi connectivity index (χ3n) is 3.15. The van der Waals surface area contributed by atoms with Crippen molar-refractivity contribution in [1.82, 2.24) is 0 Å². The molecule has 0 radical (unpaired) electrons. The zero-order chi connectivity index (χ0) is 14.3. The summed E-state index contributed by atoms with van der Waals surface area (Å²) in [5, 5.41) is 0. The molecule has 6 heteroatoms. The van der Waals surface area contributed by atoms with Gasteiger partial charge in [-0.25, -0.2) is 13.2 Å². The summed E-state index contributed by atoms with van der Waals surface area (Å²) in [6.07, 6.45) is 0. The summed E-state index contributed by atoms with van der Waals surface area (Å²) in [6.45, 7) is 2.71. The van der Waals surface area contributed by atoms with Gasteiger partial charge in [-0.15, -0.1) is 11.3 Å². The largest absolute Gasteiger partial charge is 0.343 e. The van der Waals surface area contributed by atoms with Gasteiger partial charge in [-0.2, -0.15) is 0 Å². The molecule has 1 saturated heterocycles. The second-order valence-corrected chi connectivity index (χ2v) is 5.63. The van der Waals surface area contributed by atoms with Crippen LogP contribution in [0.25, 0.3) is 10.4 Å². The minimum absolute atomic E-state index is 0.232. The van der Waals surface area contributed by atoms with Gasteiger partial charge in [0.2, 0.25) is 5.79 Å². The Morgan fingerprint density at radius 1 is 1.05 bits per heavy atom. The van der Waals surface area contributed by atoms with E-state index in [-0.39, 0.29) is 5.56 Å². The molecule has 0 saturated carbocycles. The third kappa shape index (κ3) is 2.24. The smallest absolute Gasteiger partial charge is 0.201 e. The van der Waals surface area contributed by atoms with Crippen LogP contribution in [0.15, 0.2) is 24.3 Å². The van der Waals surface area contributed by atoms with Gasteiger partial charge in [-0.1, -0.05) is 0 Å². The van der Waals surface area contributed by atoms with Gasteiger partial charge in [0.1, 0.15) is 17.5 Å². The van der Waals surface area contributed by atoms with E-state index in [4.69, 9.17) is 9.47 Å². The van der Waals surface area contributed by atoms with E-state index in [0.29, 0.717) is 35.1 Å². The van der Waals surface area contributed by atoms with Crippen molar-refractivity contribution in [3.8, 4) is 10.4 Å². The van der Waals surface area contributed by atoms with E-state index in [1.165, 1.54) is 0 Å². The van der Waals surface area contributed by atoms with Gasteiger partial charge < -0.3 is 9.47 Å². The van der Waals surface area contributed by atoms with Gasteiger partial charge >= 0.3 is 0 Å². The second-order valence-electron chi connectivity index (χ2n) is 4.55. The summed E-state index contributed by atoms with van der Waals surface area (Å²) in [4.78, 5) is 1.09. The minimum atomic E-state index is -0.935. The maximum atomic E-state index is 13.7. The lowest BCUT2D eigenvalue weighted by molar-refractivity contribution is -0.146. The number of thiophene rings is 1. The summed E-state index contributed by atoms with van der Waals surface area (Å²) < 4.78 is 51.4. The van der Waals surface area contributed by atoms with Gasteiger partial charge in [0.25, 0.3) is 0 Å². The fraction of sp³-hybridized carbons (Fsp3) is 0.286. The Hall–Kier alpha value is -1.37. The summed E-state index contributed by atoms with van der Waals surface area (Å²) in [5.74, 6) is -3.66. The fourth-order valence-electron chi connectivity index (χ4n) is 2.15. The Kier molecular flexibility index (Phi) is 3.32. The number of benzene rings is 1. The molecule has 0 N–H and O–H groups in total. The van der Waals surface area contributed by atoms with E-state index >= 15 is 0 Å². The van der Waals surface area contributed by atoms with Crippen molar-refractivity contribution in [2.24, 2.45) is 0 Å². The van der Waals surface area contributed by atoms with E-state index < -0.39 is 23.2 Å². The maximum Gasteiger partial charge on any atom is 0.201 e. The molecule has 0 atom stereocenters.